The molecule has 126 valence electrons. The Kier molecular flexibility index (Phi) is 4.80. The third-order valence-electron chi connectivity index (χ3n) is 4.15. The molecule has 7 heteroatoms. The molecule has 3 rings (SSSR count). The minimum atomic E-state index is -0.807. The number of aliphatic carboxylic acids is 1. The lowest BCUT2D eigenvalue weighted by Gasteiger charge is -2.34. The van der Waals surface area contributed by atoms with Gasteiger partial charge in [-0.3, -0.25) is 9.59 Å². The summed E-state index contributed by atoms with van der Waals surface area (Å²) in [7, 11) is 1.52. The van der Waals surface area contributed by atoms with Crippen LogP contribution in [0.4, 0.5) is 5.69 Å². The molecule has 1 amide bonds. The Morgan fingerprint density at radius 2 is 2.21 bits per heavy atom. The Bertz CT molecular complexity index is 759. The van der Waals surface area contributed by atoms with Crippen molar-refractivity contribution in [2.75, 3.05) is 18.6 Å². The molecule has 24 heavy (non-hydrogen) atoms. The zero-order chi connectivity index (χ0) is 17.1. The van der Waals surface area contributed by atoms with E-state index in [1.165, 1.54) is 7.11 Å². The quantitative estimate of drug-likeness (QED) is 0.900. The molecule has 0 radical (unpaired) electrons. The van der Waals surface area contributed by atoms with Crippen LogP contribution in [0.5, 0.6) is 5.88 Å². The third kappa shape index (κ3) is 3.41. The van der Waals surface area contributed by atoms with E-state index in [-0.39, 0.29) is 18.2 Å². The highest BCUT2D eigenvalue weighted by molar-refractivity contribution is 7.08. The number of carboxylic acid groups (broad SMARTS) is 1. The van der Waals surface area contributed by atoms with Crippen molar-refractivity contribution < 1.29 is 19.4 Å². The molecule has 1 aromatic heterocycles. The second-order valence-electron chi connectivity index (χ2n) is 5.78. The fourth-order valence-electron chi connectivity index (χ4n) is 2.98. The molecule has 0 saturated heterocycles. The summed E-state index contributed by atoms with van der Waals surface area (Å²) in [6.45, 7) is 0.517. The van der Waals surface area contributed by atoms with Gasteiger partial charge in [0.15, 0.2) is 0 Å². The second kappa shape index (κ2) is 7.00. The van der Waals surface area contributed by atoms with Crippen LogP contribution in [0.3, 0.4) is 0 Å². The molecule has 1 N–H and O–H groups in total. The van der Waals surface area contributed by atoms with E-state index >= 15 is 0 Å². The summed E-state index contributed by atoms with van der Waals surface area (Å²) in [6.07, 6.45) is 1.46. The Hall–Kier alpha value is -2.41. The number of methoxy groups -OCH3 is 1. The SMILES string of the molecule is COc1cc(C(=O)N2CC(CCC(=O)O)Cc3ccccc32)sn1. The standard InChI is InChI=1S/C17H18N2O4S/c1-23-15-9-14(24-18-15)17(22)19-10-11(6-7-16(20)21)8-12-4-2-3-5-13(12)19/h2-5,9,11H,6-8,10H2,1H3,(H,20,21). The van der Waals surface area contributed by atoms with Crippen molar-refractivity contribution >= 4 is 29.1 Å². The summed E-state index contributed by atoms with van der Waals surface area (Å²) >= 11 is 1.11. The van der Waals surface area contributed by atoms with Gasteiger partial charge in [0.25, 0.3) is 5.91 Å². The molecule has 1 aromatic carbocycles. The fraction of sp³-hybridized carbons (Fsp3) is 0.353. The first-order valence-corrected chi connectivity index (χ1v) is 8.48. The van der Waals surface area contributed by atoms with E-state index in [2.05, 4.69) is 4.37 Å². The molecule has 1 unspecified atom stereocenters. The van der Waals surface area contributed by atoms with E-state index in [0.29, 0.717) is 23.7 Å². The van der Waals surface area contributed by atoms with Crippen molar-refractivity contribution in [1.29, 1.82) is 0 Å². The zero-order valence-corrected chi connectivity index (χ0v) is 14.1. The average molecular weight is 346 g/mol. The number of hydrogen-bond donors (Lipinski definition) is 1. The van der Waals surface area contributed by atoms with Crippen LogP contribution < -0.4 is 9.64 Å². The lowest BCUT2D eigenvalue weighted by atomic mass is 9.89. The number of rotatable bonds is 5. The highest BCUT2D eigenvalue weighted by Crippen LogP contribution is 2.33. The predicted octanol–water partition coefficient (Wildman–Crippen LogP) is 2.84. The summed E-state index contributed by atoms with van der Waals surface area (Å²) in [5.74, 6) is -0.368. The Morgan fingerprint density at radius 3 is 2.92 bits per heavy atom. The fourth-order valence-corrected chi connectivity index (χ4v) is 3.64. The van der Waals surface area contributed by atoms with Crippen molar-refractivity contribution in [3.8, 4) is 5.88 Å². The predicted molar refractivity (Wildman–Crippen MR) is 90.8 cm³/mol. The number of para-hydroxylation sites is 1. The van der Waals surface area contributed by atoms with Crippen molar-refractivity contribution in [2.24, 2.45) is 5.92 Å². The highest BCUT2D eigenvalue weighted by Gasteiger charge is 2.30. The van der Waals surface area contributed by atoms with Gasteiger partial charge in [0, 0.05) is 24.7 Å². The molecule has 0 spiro atoms. The van der Waals surface area contributed by atoms with Crippen LogP contribution in [-0.2, 0) is 11.2 Å². The molecular weight excluding hydrogens is 328 g/mol. The van der Waals surface area contributed by atoms with Crippen molar-refractivity contribution in [3.05, 3.63) is 40.8 Å². The first kappa shape index (κ1) is 16.4. The Morgan fingerprint density at radius 1 is 1.42 bits per heavy atom. The van der Waals surface area contributed by atoms with E-state index in [9.17, 15) is 9.59 Å². The number of anilines is 1. The van der Waals surface area contributed by atoms with Crippen molar-refractivity contribution in [2.45, 2.75) is 19.3 Å². The largest absolute Gasteiger partial charge is 0.481 e. The number of hydrogen-bond acceptors (Lipinski definition) is 5. The van der Waals surface area contributed by atoms with Gasteiger partial charge in [-0.1, -0.05) is 18.2 Å². The van der Waals surface area contributed by atoms with E-state index < -0.39 is 5.97 Å². The highest BCUT2D eigenvalue weighted by atomic mass is 32.1. The van der Waals surface area contributed by atoms with Gasteiger partial charge in [0.05, 0.1) is 7.11 Å². The summed E-state index contributed by atoms with van der Waals surface area (Å²) in [4.78, 5) is 26.0. The van der Waals surface area contributed by atoms with Crippen LogP contribution in [0.2, 0.25) is 0 Å². The maximum absolute atomic E-state index is 12.9. The molecular formula is C17H18N2O4S. The molecule has 0 fully saturated rings. The number of aromatic nitrogens is 1. The molecule has 2 aromatic rings. The van der Waals surface area contributed by atoms with E-state index in [4.69, 9.17) is 9.84 Å². The van der Waals surface area contributed by atoms with Gasteiger partial charge in [-0.15, -0.1) is 0 Å². The molecule has 0 aliphatic carbocycles. The Labute approximate surface area is 143 Å². The minimum absolute atomic E-state index is 0.114. The molecule has 0 bridgehead atoms. The minimum Gasteiger partial charge on any atom is -0.481 e. The van der Waals surface area contributed by atoms with E-state index in [1.54, 1.807) is 11.0 Å². The van der Waals surface area contributed by atoms with Crippen LogP contribution >= 0.6 is 11.5 Å². The van der Waals surface area contributed by atoms with Gasteiger partial charge >= 0.3 is 5.97 Å². The molecule has 0 saturated carbocycles. The van der Waals surface area contributed by atoms with E-state index in [1.807, 2.05) is 24.3 Å². The molecule has 1 aliphatic rings. The van der Waals surface area contributed by atoms with Crippen molar-refractivity contribution in [3.63, 3.8) is 0 Å². The summed E-state index contributed by atoms with van der Waals surface area (Å²) < 4.78 is 9.13. The number of fused-ring (bicyclic) bond motifs is 1. The summed E-state index contributed by atoms with van der Waals surface area (Å²) in [5, 5.41) is 8.92. The number of benzene rings is 1. The van der Waals surface area contributed by atoms with Crippen LogP contribution in [0.15, 0.2) is 30.3 Å². The first-order chi connectivity index (χ1) is 11.6. The first-order valence-electron chi connectivity index (χ1n) is 7.70. The number of nitrogens with zero attached hydrogens (tertiary/aromatic N) is 2. The molecule has 2 heterocycles. The van der Waals surface area contributed by atoms with Crippen LogP contribution in [0.1, 0.15) is 28.1 Å². The zero-order valence-electron chi connectivity index (χ0n) is 13.3. The van der Waals surface area contributed by atoms with Gasteiger partial charge in [-0.05, 0) is 41.9 Å². The van der Waals surface area contributed by atoms with Crippen LogP contribution in [-0.4, -0.2) is 35.0 Å². The molecule has 1 atom stereocenters. The van der Waals surface area contributed by atoms with Crippen LogP contribution in [0, 0.1) is 5.92 Å². The number of ether oxygens (including phenoxy) is 1. The number of carbonyl (C=O) groups excluding carboxylic acids is 1. The van der Waals surface area contributed by atoms with Gasteiger partial charge in [-0.25, -0.2) is 0 Å². The molecule has 1 aliphatic heterocycles. The van der Waals surface area contributed by atoms with Gasteiger partial charge < -0.3 is 14.7 Å². The van der Waals surface area contributed by atoms with E-state index in [0.717, 1.165) is 29.2 Å². The average Bonchev–Trinajstić information content (AvgIpc) is 3.07. The Balaban J connectivity index is 1.86. The lowest BCUT2D eigenvalue weighted by Crippen LogP contribution is -2.39. The normalized spacial score (nSPS) is 16.5. The van der Waals surface area contributed by atoms with Crippen molar-refractivity contribution in [1.82, 2.24) is 4.37 Å². The third-order valence-corrected chi connectivity index (χ3v) is 4.91. The number of carboxylic acids is 1. The maximum Gasteiger partial charge on any atom is 0.303 e. The number of amides is 1. The van der Waals surface area contributed by atoms with Gasteiger partial charge in [0.2, 0.25) is 5.88 Å². The number of carbonyl (C=O) groups is 2. The maximum atomic E-state index is 12.9. The molecule has 6 nitrogen and oxygen atoms in total. The van der Waals surface area contributed by atoms with Gasteiger partial charge in [0.1, 0.15) is 4.88 Å². The monoisotopic (exact) mass is 346 g/mol. The van der Waals surface area contributed by atoms with Crippen LogP contribution in [0.25, 0.3) is 0 Å². The second-order valence-corrected chi connectivity index (χ2v) is 6.59. The van der Waals surface area contributed by atoms with Gasteiger partial charge in [-0.2, -0.15) is 4.37 Å². The summed E-state index contributed by atoms with van der Waals surface area (Å²) in [6, 6.07) is 9.41. The lowest BCUT2D eigenvalue weighted by molar-refractivity contribution is -0.137. The smallest absolute Gasteiger partial charge is 0.303 e. The topological polar surface area (TPSA) is 79.7 Å². The summed E-state index contributed by atoms with van der Waals surface area (Å²) in [5.41, 5.74) is 1.96.